The van der Waals surface area contributed by atoms with E-state index >= 15 is 0 Å². The van der Waals surface area contributed by atoms with Crippen LogP contribution in [0.1, 0.15) is 6.92 Å². The van der Waals surface area contributed by atoms with Gasteiger partial charge in [-0.15, -0.1) is 0 Å². The lowest BCUT2D eigenvalue weighted by Gasteiger charge is -2.34. The molecular weight excluding hydrogens is 272 g/mol. The summed E-state index contributed by atoms with van der Waals surface area (Å²) in [6.07, 6.45) is 0. The Morgan fingerprint density at radius 3 is 2.00 bits per heavy atom. The minimum absolute atomic E-state index is 1.12. The van der Waals surface area contributed by atoms with Gasteiger partial charge in [0.2, 0.25) is 0 Å². The largest absolute Gasteiger partial charge is 0.437 e. The highest BCUT2D eigenvalue weighted by atomic mass is 28.5. The van der Waals surface area contributed by atoms with Crippen molar-refractivity contribution < 1.29 is 8.23 Å². The molecular formula is C13H26O2Si3. The van der Waals surface area contributed by atoms with E-state index in [4.69, 9.17) is 8.23 Å². The van der Waals surface area contributed by atoms with Crippen molar-refractivity contribution in [3.8, 4) is 0 Å². The Bertz CT molecular complexity index is 360. The molecule has 0 aromatic heterocycles. The summed E-state index contributed by atoms with van der Waals surface area (Å²) in [5.74, 6) is 0. The first-order valence-electron chi connectivity index (χ1n) is 6.66. The van der Waals surface area contributed by atoms with Crippen molar-refractivity contribution in [2.45, 2.75) is 45.7 Å². The Labute approximate surface area is 115 Å². The lowest BCUT2D eigenvalue weighted by molar-refractivity contribution is 0.405. The fraction of sp³-hybridized carbons (Fsp3) is 0.538. The van der Waals surface area contributed by atoms with Crippen molar-refractivity contribution in [3.63, 3.8) is 0 Å². The third-order valence-corrected chi connectivity index (χ3v) is 12.2. The molecule has 0 fully saturated rings. The molecule has 1 unspecified atom stereocenters. The summed E-state index contributed by atoms with van der Waals surface area (Å²) in [5.41, 5.74) is 0. The molecule has 0 spiro atoms. The van der Waals surface area contributed by atoms with Crippen molar-refractivity contribution in [3.05, 3.63) is 30.3 Å². The number of hydrogen-bond donors (Lipinski definition) is 0. The molecule has 18 heavy (non-hydrogen) atoms. The maximum absolute atomic E-state index is 6.44. The Balaban J connectivity index is 2.74. The highest BCUT2D eigenvalue weighted by molar-refractivity contribution is 6.86. The number of rotatable bonds is 6. The fourth-order valence-electron chi connectivity index (χ4n) is 2.16. The zero-order valence-electron chi connectivity index (χ0n) is 12.5. The van der Waals surface area contributed by atoms with Crippen LogP contribution in [0.5, 0.6) is 0 Å². The molecule has 0 aliphatic heterocycles. The Morgan fingerprint density at radius 2 is 1.56 bits per heavy atom. The Kier molecular flexibility index (Phi) is 5.54. The summed E-state index contributed by atoms with van der Waals surface area (Å²) in [7, 11) is -4.82. The van der Waals surface area contributed by atoms with E-state index in [1.165, 1.54) is 5.19 Å². The molecule has 5 heteroatoms. The molecule has 0 bridgehead atoms. The minimum atomic E-state index is -1.98. The van der Waals surface area contributed by atoms with Crippen LogP contribution in [-0.4, -0.2) is 25.9 Å². The molecule has 1 rings (SSSR count). The standard InChI is InChI=1S/C13H26O2Si3/c1-7-16(13-11-9-8-10-12-13)14-18(5,6)15-17(2,3)4/h8-12,16H,7H2,1-6H3. The molecule has 0 amide bonds. The second-order valence-corrected chi connectivity index (χ2v) is 17.3. The van der Waals surface area contributed by atoms with Crippen molar-refractivity contribution in [1.82, 2.24) is 0 Å². The van der Waals surface area contributed by atoms with E-state index in [0.717, 1.165) is 6.04 Å². The summed E-state index contributed by atoms with van der Waals surface area (Å²) in [4.78, 5) is 0. The van der Waals surface area contributed by atoms with E-state index in [1.807, 2.05) is 0 Å². The quantitative estimate of drug-likeness (QED) is 0.751. The molecule has 2 nitrogen and oxygen atoms in total. The second-order valence-electron chi connectivity index (χ2n) is 6.04. The van der Waals surface area contributed by atoms with Gasteiger partial charge in [0.05, 0.1) is 0 Å². The van der Waals surface area contributed by atoms with Gasteiger partial charge >= 0.3 is 8.56 Å². The van der Waals surface area contributed by atoms with Gasteiger partial charge in [-0.2, -0.15) is 0 Å². The van der Waals surface area contributed by atoms with Gasteiger partial charge in [0, 0.05) is 0 Å². The van der Waals surface area contributed by atoms with Crippen LogP contribution in [0.2, 0.25) is 38.8 Å². The number of hydrogen-bond acceptors (Lipinski definition) is 2. The molecule has 0 saturated heterocycles. The summed E-state index contributed by atoms with van der Waals surface area (Å²) in [6.45, 7) is 13.3. The van der Waals surface area contributed by atoms with Gasteiger partial charge in [0.25, 0.3) is 0 Å². The Morgan fingerprint density at radius 1 is 1.00 bits per heavy atom. The molecule has 0 radical (unpaired) electrons. The molecule has 0 aliphatic carbocycles. The van der Waals surface area contributed by atoms with E-state index in [0.29, 0.717) is 0 Å². The van der Waals surface area contributed by atoms with E-state index in [-0.39, 0.29) is 0 Å². The summed E-state index contributed by atoms with van der Waals surface area (Å²) < 4.78 is 12.7. The molecule has 102 valence electrons. The average Bonchev–Trinajstić information content (AvgIpc) is 2.24. The summed E-state index contributed by atoms with van der Waals surface area (Å²) in [5, 5.41) is 1.39. The molecule has 1 atom stereocenters. The topological polar surface area (TPSA) is 18.5 Å². The molecule has 0 aliphatic rings. The van der Waals surface area contributed by atoms with E-state index < -0.39 is 25.9 Å². The highest BCUT2D eigenvalue weighted by Crippen LogP contribution is 2.17. The normalized spacial score (nSPS) is 14.6. The van der Waals surface area contributed by atoms with E-state index in [1.54, 1.807) is 0 Å². The fourth-order valence-corrected chi connectivity index (χ4v) is 13.8. The van der Waals surface area contributed by atoms with Gasteiger partial charge < -0.3 is 8.23 Å². The number of benzene rings is 1. The first kappa shape index (κ1) is 15.8. The van der Waals surface area contributed by atoms with Gasteiger partial charge in [0.15, 0.2) is 17.4 Å². The van der Waals surface area contributed by atoms with Crippen LogP contribution in [0.4, 0.5) is 0 Å². The van der Waals surface area contributed by atoms with Crippen molar-refractivity contribution in [2.75, 3.05) is 0 Å². The molecule has 0 heterocycles. The van der Waals surface area contributed by atoms with Gasteiger partial charge in [0.1, 0.15) is 0 Å². The summed E-state index contributed by atoms with van der Waals surface area (Å²) in [6, 6.07) is 11.8. The van der Waals surface area contributed by atoms with Crippen LogP contribution in [0, 0.1) is 0 Å². The highest BCUT2D eigenvalue weighted by Gasteiger charge is 2.34. The van der Waals surface area contributed by atoms with Crippen LogP contribution < -0.4 is 5.19 Å². The van der Waals surface area contributed by atoms with Gasteiger partial charge in [-0.05, 0) is 44.0 Å². The van der Waals surface area contributed by atoms with Crippen molar-refractivity contribution in [2.24, 2.45) is 0 Å². The van der Waals surface area contributed by atoms with Gasteiger partial charge in [-0.3, -0.25) is 0 Å². The first-order valence-corrected chi connectivity index (χ1v) is 14.8. The van der Waals surface area contributed by atoms with E-state index in [2.05, 4.69) is 70.0 Å². The SMILES string of the molecule is CC[SiH](O[Si](C)(C)O[Si](C)(C)C)c1ccccc1. The maximum Gasteiger partial charge on any atom is 0.311 e. The Hall–Kier alpha value is -0.209. The third-order valence-electron chi connectivity index (χ3n) is 2.52. The predicted octanol–water partition coefficient (Wildman–Crippen LogP) is 3.21. The van der Waals surface area contributed by atoms with Crippen molar-refractivity contribution >= 4 is 31.1 Å². The zero-order valence-corrected chi connectivity index (χ0v) is 15.6. The monoisotopic (exact) mass is 298 g/mol. The lowest BCUT2D eigenvalue weighted by atomic mass is 10.4. The van der Waals surface area contributed by atoms with Crippen LogP contribution in [-0.2, 0) is 8.23 Å². The molecule has 1 aromatic carbocycles. The zero-order chi connectivity index (χ0) is 13.8. The first-order chi connectivity index (χ1) is 8.23. The molecule has 0 N–H and O–H groups in total. The second kappa shape index (κ2) is 6.29. The van der Waals surface area contributed by atoms with Gasteiger partial charge in [-0.25, -0.2) is 0 Å². The smallest absolute Gasteiger partial charge is 0.311 e. The average molecular weight is 299 g/mol. The van der Waals surface area contributed by atoms with Crippen LogP contribution >= 0.6 is 0 Å². The molecule has 1 aromatic rings. The molecule has 0 saturated carbocycles. The van der Waals surface area contributed by atoms with Crippen LogP contribution in [0.3, 0.4) is 0 Å². The summed E-state index contributed by atoms with van der Waals surface area (Å²) >= 11 is 0. The lowest BCUT2D eigenvalue weighted by Crippen LogP contribution is -2.50. The van der Waals surface area contributed by atoms with E-state index in [9.17, 15) is 0 Å². The van der Waals surface area contributed by atoms with Gasteiger partial charge in [-0.1, -0.05) is 37.3 Å². The van der Waals surface area contributed by atoms with Crippen LogP contribution in [0.25, 0.3) is 0 Å². The van der Waals surface area contributed by atoms with Crippen LogP contribution in [0.15, 0.2) is 30.3 Å². The predicted molar refractivity (Wildman–Crippen MR) is 86.7 cm³/mol. The minimum Gasteiger partial charge on any atom is -0.437 e. The van der Waals surface area contributed by atoms with Crippen molar-refractivity contribution in [1.29, 1.82) is 0 Å². The maximum atomic E-state index is 6.44. The third kappa shape index (κ3) is 5.62.